The monoisotopic (exact) mass is 202 g/mol. The van der Waals surface area contributed by atoms with Gasteiger partial charge in [-0.1, -0.05) is 41.5 Å². The fourth-order valence-electron chi connectivity index (χ4n) is 1.63. The van der Waals surface area contributed by atoms with Gasteiger partial charge in [0.25, 0.3) is 0 Å². The van der Waals surface area contributed by atoms with Gasteiger partial charge in [-0.05, 0) is 36.0 Å². The lowest BCUT2D eigenvalue weighted by Crippen LogP contribution is -2.17. The summed E-state index contributed by atoms with van der Waals surface area (Å²) in [7, 11) is 1.17. The summed E-state index contributed by atoms with van der Waals surface area (Å²) in [6.07, 6.45) is 2.73. The van der Waals surface area contributed by atoms with Gasteiger partial charge in [0.05, 0.1) is 0 Å². The van der Waals surface area contributed by atoms with Gasteiger partial charge in [0.2, 0.25) is 0 Å². The van der Waals surface area contributed by atoms with Crippen molar-refractivity contribution in [2.45, 2.75) is 65.7 Å². The van der Waals surface area contributed by atoms with Crippen molar-refractivity contribution in [3.05, 3.63) is 0 Å². The summed E-state index contributed by atoms with van der Waals surface area (Å²) in [4.78, 5) is 0. The lowest BCUT2D eigenvalue weighted by atomic mass is 9.95. The minimum absolute atomic E-state index is 0.844. The molecule has 0 aliphatic heterocycles. The van der Waals surface area contributed by atoms with Crippen LogP contribution in [0.2, 0.25) is 0 Å². The Kier molecular flexibility index (Phi) is 7.05. The summed E-state index contributed by atoms with van der Waals surface area (Å²) in [6, 6.07) is 0. The van der Waals surface area contributed by atoms with E-state index in [1.54, 1.807) is 0 Å². The second kappa shape index (κ2) is 6.82. The zero-order valence-electron chi connectivity index (χ0n) is 10.2. The number of rotatable bonds is 6. The largest absolute Gasteiger partial charge is 0.116 e. The summed E-state index contributed by atoms with van der Waals surface area (Å²) in [6.45, 7) is 14.2. The summed E-state index contributed by atoms with van der Waals surface area (Å²) >= 11 is 0. The summed E-state index contributed by atoms with van der Waals surface area (Å²) < 4.78 is 0. The van der Waals surface area contributed by atoms with Gasteiger partial charge in [-0.25, -0.2) is 0 Å². The molecule has 0 aromatic rings. The Labute approximate surface area is 86.7 Å². The highest BCUT2D eigenvalue weighted by atomic mass is 31.1. The SMILES string of the molecule is CCC(CC)PC(C)C(C)C(C)C. The number of hydrogen-bond donors (Lipinski definition) is 0. The standard InChI is InChI=1S/C12H27P/c1-7-12(8-2)13-11(6)10(5)9(3)4/h9-13H,7-8H2,1-6H3. The molecular formula is C12H27P. The van der Waals surface area contributed by atoms with Gasteiger partial charge in [0, 0.05) is 0 Å². The quantitative estimate of drug-likeness (QED) is 0.555. The molecule has 80 valence electrons. The van der Waals surface area contributed by atoms with Crippen molar-refractivity contribution in [1.82, 2.24) is 0 Å². The molecule has 0 amide bonds. The van der Waals surface area contributed by atoms with Crippen molar-refractivity contribution in [3.8, 4) is 0 Å². The van der Waals surface area contributed by atoms with Crippen LogP contribution in [0.15, 0.2) is 0 Å². The van der Waals surface area contributed by atoms with E-state index in [0.717, 1.165) is 23.2 Å². The van der Waals surface area contributed by atoms with E-state index in [9.17, 15) is 0 Å². The molecule has 0 aliphatic carbocycles. The van der Waals surface area contributed by atoms with Crippen molar-refractivity contribution >= 4 is 8.58 Å². The molecule has 0 saturated heterocycles. The molecule has 0 radical (unpaired) electrons. The normalized spacial score (nSPS) is 17.5. The van der Waals surface area contributed by atoms with Gasteiger partial charge < -0.3 is 0 Å². The smallest absolute Gasteiger partial charge is 0.0234 e. The average molecular weight is 202 g/mol. The van der Waals surface area contributed by atoms with Crippen LogP contribution in [0.25, 0.3) is 0 Å². The zero-order chi connectivity index (χ0) is 10.4. The van der Waals surface area contributed by atoms with E-state index in [1.807, 2.05) is 0 Å². The third-order valence-corrected chi connectivity index (χ3v) is 5.66. The van der Waals surface area contributed by atoms with E-state index in [1.165, 1.54) is 21.4 Å². The van der Waals surface area contributed by atoms with E-state index in [-0.39, 0.29) is 0 Å². The predicted molar refractivity (Wildman–Crippen MR) is 66.1 cm³/mol. The molecular weight excluding hydrogens is 175 g/mol. The van der Waals surface area contributed by atoms with Crippen LogP contribution < -0.4 is 0 Å². The Hall–Kier alpha value is 0.430. The van der Waals surface area contributed by atoms with E-state index >= 15 is 0 Å². The number of hydrogen-bond acceptors (Lipinski definition) is 0. The van der Waals surface area contributed by atoms with Crippen LogP contribution in [-0.2, 0) is 0 Å². The Morgan fingerprint density at radius 3 is 1.69 bits per heavy atom. The Bertz CT molecular complexity index is 116. The molecule has 0 aromatic heterocycles. The first-order chi connectivity index (χ1) is 6.02. The summed E-state index contributed by atoms with van der Waals surface area (Å²) in [5.74, 6) is 1.73. The third-order valence-electron chi connectivity index (χ3n) is 3.32. The van der Waals surface area contributed by atoms with E-state index in [0.29, 0.717) is 0 Å². The van der Waals surface area contributed by atoms with Gasteiger partial charge in [-0.3, -0.25) is 0 Å². The third kappa shape index (κ3) is 5.01. The maximum atomic E-state index is 2.43. The van der Waals surface area contributed by atoms with Crippen LogP contribution in [0.4, 0.5) is 0 Å². The second-order valence-corrected chi connectivity index (χ2v) is 6.63. The molecule has 0 aliphatic rings. The molecule has 0 N–H and O–H groups in total. The Balaban J connectivity index is 3.89. The van der Waals surface area contributed by atoms with Crippen molar-refractivity contribution in [3.63, 3.8) is 0 Å². The molecule has 0 fully saturated rings. The minimum atomic E-state index is 0.844. The van der Waals surface area contributed by atoms with Crippen LogP contribution in [-0.4, -0.2) is 11.3 Å². The maximum absolute atomic E-state index is 2.43. The summed E-state index contributed by atoms with van der Waals surface area (Å²) in [5, 5.41) is 0. The van der Waals surface area contributed by atoms with Gasteiger partial charge >= 0.3 is 0 Å². The fraction of sp³-hybridized carbons (Fsp3) is 1.00. The van der Waals surface area contributed by atoms with Crippen molar-refractivity contribution in [1.29, 1.82) is 0 Å². The molecule has 0 aromatic carbocycles. The van der Waals surface area contributed by atoms with Gasteiger partial charge in [0.15, 0.2) is 0 Å². The molecule has 0 bridgehead atoms. The molecule has 0 rings (SSSR count). The van der Waals surface area contributed by atoms with Crippen LogP contribution in [0.5, 0.6) is 0 Å². The van der Waals surface area contributed by atoms with Crippen LogP contribution in [0.3, 0.4) is 0 Å². The Morgan fingerprint density at radius 2 is 1.38 bits per heavy atom. The first-order valence-electron chi connectivity index (χ1n) is 5.78. The highest BCUT2D eigenvalue weighted by Gasteiger charge is 2.18. The molecule has 3 atom stereocenters. The molecule has 13 heavy (non-hydrogen) atoms. The van der Waals surface area contributed by atoms with E-state index in [4.69, 9.17) is 0 Å². The highest BCUT2D eigenvalue weighted by Crippen LogP contribution is 2.36. The van der Waals surface area contributed by atoms with Crippen LogP contribution in [0, 0.1) is 11.8 Å². The van der Waals surface area contributed by atoms with Gasteiger partial charge in [-0.15, -0.1) is 8.58 Å². The Morgan fingerprint density at radius 1 is 0.923 bits per heavy atom. The molecule has 1 heteroatoms. The average Bonchev–Trinajstić information content (AvgIpc) is 2.12. The molecule has 0 heterocycles. The highest BCUT2D eigenvalue weighted by molar-refractivity contribution is 7.39. The maximum Gasteiger partial charge on any atom is -0.0234 e. The fourth-order valence-corrected chi connectivity index (χ4v) is 3.53. The zero-order valence-corrected chi connectivity index (χ0v) is 11.2. The van der Waals surface area contributed by atoms with E-state index in [2.05, 4.69) is 41.5 Å². The molecule has 0 saturated carbocycles. The van der Waals surface area contributed by atoms with Crippen LogP contribution >= 0.6 is 8.58 Å². The van der Waals surface area contributed by atoms with Crippen molar-refractivity contribution in [2.24, 2.45) is 11.8 Å². The van der Waals surface area contributed by atoms with Gasteiger partial charge in [-0.2, -0.15) is 0 Å². The van der Waals surface area contributed by atoms with Crippen LogP contribution in [0.1, 0.15) is 54.4 Å². The second-order valence-electron chi connectivity index (χ2n) is 4.57. The predicted octanol–water partition coefficient (Wildman–Crippen LogP) is 4.53. The molecule has 0 spiro atoms. The van der Waals surface area contributed by atoms with Crippen molar-refractivity contribution < 1.29 is 0 Å². The topological polar surface area (TPSA) is 0 Å². The van der Waals surface area contributed by atoms with Gasteiger partial charge in [0.1, 0.15) is 0 Å². The summed E-state index contributed by atoms with van der Waals surface area (Å²) in [5.41, 5.74) is 1.90. The molecule has 3 unspecified atom stereocenters. The lowest BCUT2D eigenvalue weighted by molar-refractivity contribution is 0.414. The molecule has 0 nitrogen and oxygen atoms in total. The van der Waals surface area contributed by atoms with Crippen molar-refractivity contribution in [2.75, 3.05) is 0 Å². The first-order valence-corrected chi connectivity index (χ1v) is 6.94. The minimum Gasteiger partial charge on any atom is -0.116 e. The lowest BCUT2D eigenvalue weighted by Gasteiger charge is -2.26. The first kappa shape index (κ1) is 13.4. The van der Waals surface area contributed by atoms with E-state index < -0.39 is 0 Å².